The molecule has 12 heteroatoms. The first-order valence-electron chi connectivity index (χ1n) is 9.38. The Morgan fingerprint density at radius 3 is 1.83 bits per heavy atom. The number of nitrogens with zero attached hydrogens (tertiary/aromatic N) is 3. The summed E-state index contributed by atoms with van der Waals surface area (Å²) >= 11 is 0. The van der Waals surface area contributed by atoms with Crippen molar-refractivity contribution in [3.63, 3.8) is 0 Å². The van der Waals surface area contributed by atoms with E-state index in [1.54, 1.807) is 0 Å². The number of aromatic nitrogens is 3. The van der Waals surface area contributed by atoms with Crippen LogP contribution in [0.15, 0.2) is 5.83 Å². The van der Waals surface area contributed by atoms with Crippen LogP contribution in [-0.2, 0) is 0 Å². The molecule has 156 valence electrons. The van der Waals surface area contributed by atoms with Crippen molar-refractivity contribution < 1.29 is 27.1 Å². The van der Waals surface area contributed by atoms with Crippen molar-refractivity contribution in [2.24, 2.45) is 0 Å². The molecule has 0 aliphatic heterocycles. The monoisotopic (exact) mass is 415 g/mol. The zero-order chi connectivity index (χ0) is 21.0. The van der Waals surface area contributed by atoms with Crippen molar-refractivity contribution in [1.82, 2.24) is 15.0 Å². The average Bonchev–Trinajstić information content (AvgIpc) is 2.54. The third kappa shape index (κ3) is 4.31. The lowest BCUT2D eigenvalue weighted by Gasteiger charge is -2.36. The molecule has 2 fully saturated rings. The lowest BCUT2D eigenvalue weighted by Crippen LogP contribution is -2.45. The molecule has 1 aromatic heterocycles. The fourth-order valence-corrected chi connectivity index (χ4v) is 3.76. The second-order valence-electron chi connectivity index (χ2n) is 8.09. The Morgan fingerprint density at radius 2 is 1.38 bits per heavy atom. The van der Waals surface area contributed by atoms with Crippen LogP contribution in [0.2, 0.25) is 0 Å². The molecule has 3 aliphatic rings. The molecule has 0 spiro atoms. The molecule has 1 aromatic rings. The van der Waals surface area contributed by atoms with Crippen LogP contribution in [0.1, 0.15) is 50.8 Å². The first kappa shape index (κ1) is 20.3. The molecular formula is C17H19BF5N5O. The zero-order valence-corrected chi connectivity index (χ0v) is 15.4. The molecule has 3 aliphatic carbocycles. The lowest BCUT2D eigenvalue weighted by molar-refractivity contribution is -0.0799. The van der Waals surface area contributed by atoms with Crippen LogP contribution in [0.3, 0.4) is 0 Å². The summed E-state index contributed by atoms with van der Waals surface area (Å²) in [4.78, 5) is 12.2. The molecule has 1 atom stereocenters. The minimum absolute atomic E-state index is 0.0207. The average molecular weight is 415 g/mol. The van der Waals surface area contributed by atoms with Crippen LogP contribution in [0.4, 0.5) is 33.8 Å². The summed E-state index contributed by atoms with van der Waals surface area (Å²) in [6.45, 7) is 0. The molecular weight excluding hydrogens is 396 g/mol. The van der Waals surface area contributed by atoms with Crippen LogP contribution in [0.5, 0.6) is 0 Å². The smallest absolute Gasteiger partial charge is 0.252 e. The van der Waals surface area contributed by atoms with E-state index in [1.165, 1.54) is 0 Å². The van der Waals surface area contributed by atoms with Gasteiger partial charge in [0, 0.05) is 43.3 Å². The fourth-order valence-electron chi connectivity index (χ4n) is 3.76. The van der Waals surface area contributed by atoms with Crippen LogP contribution < -0.4 is 10.6 Å². The summed E-state index contributed by atoms with van der Waals surface area (Å²) in [6, 6.07) is -1.14. The van der Waals surface area contributed by atoms with Crippen molar-refractivity contribution in [3.05, 3.63) is 11.7 Å². The topological polar surface area (TPSA) is 83.0 Å². The van der Waals surface area contributed by atoms with Gasteiger partial charge in [0.05, 0.1) is 5.50 Å². The molecule has 29 heavy (non-hydrogen) atoms. The summed E-state index contributed by atoms with van der Waals surface area (Å²) in [5.74, 6) is -6.77. The van der Waals surface area contributed by atoms with E-state index in [2.05, 4.69) is 25.6 Å². The van der Waals surface area contributed by atoms with Gasteiger partial charge in [-0.1, -0.05) is 0 Å². The van der Waals surface area contributed by atoms with Crippen LogP contribution in [0, 0.1) is 0 Å². The van der Waals surface area contributed by atoms with Gasteiger partial charge >= 0.3 is 0 Å². The van der Waals surface area contributed by atoms with E-state index in [4.69, 9.17) is 7.85 Å². The van der Waals surface area contributed by atoms with Gasteiger partial charge in [0.15, 0.2) is 5.82 Å². The molecule has 0 amide bonds. The molecule has 3 N–H and O–H groups in total. The summed E-state index contributed by atoms with van der Waals surface area (Å²) in [7, 11) is 5.56. The predicted molar refractivity (Wildman–Crippen MR) is 95.6 cm³/mol. The van der Waals surface area contributed by atoms with E-state index in [-0.39, 0.29) is 36.1 Å². The maximum absolute atomic E-state index is 14.6. The summed E-state index contributed by atoms with van der Waals surface area (Å²) < 4.78 is 67.0. The maximum Gasteiger partial charge on any atom is 0.252 e. The number of alkyl halides is 4. The van der Waals surface area contributed by atoms with Crippen molar-refractivity contribution in [2.75, 3.05) is 10.6 Å². The molecule has 0 aromatic carbocycles. The van der Waals surface area contributed by atoms with Gasteiger partial charge in [-0.05, 0) is 19.3 Å². The highest BCUT2D eigenvalue weighted by Crippen LogP contribution is 2.41. The van der Waals surface area contributed by atoms with Gasteiger partial charge in [0.1, 0.15) is 13.7 Å². The van der Waals surface area contributed by atoms with Gasteiger partial charge < -0.3 is 15.7 Å². The Morgan fingerprint density at radius 1 is 0.897 bits per heavy atom. The number of nitrogens with one attached hydrogen (secondary N) is 2. The van der Waals surface area contributed by atoms with Crippen molar-refractivity contribution in [1.29, 1.82) is 0 Å². The highest BCUT2D eigenvalue weighted by Gasteiger charge is 2.47. The minimum Gasteiger partial charge on any atom is -0.393 e. The molecule has 0 unspecified atom stereocenters. The standard InChI is InChI=1S/C17H19BF5N5O/c18-17(29)3-1-2-10(11(17)19)12-26-13(24-8-4-15(20,21)5-8)28-14(27-12)25-9-6-16(22,23)7-9/h8-9,29H,1-7H2,(H2,24,25,26,27,28)/t17-/m0/s1. The van der Waals surface area contributed by atoms with Gasteiger partial charge in [0.2, 0.25) is 11.9 Å². The number of hydrogen-bond acceptors (Lipinski definition) is 6. The predicted octanol–water partition coefficient (Wildman–Crippen LogP) is 3.01. The lowest BCUT2D eigenvalue weighted by atomic mass is 9.71. The van der Waals surface area contributed by atoms with Gasteiger partial charge in [-0.15, -0.1) is 0 Å². The highest BCUT2D eigenvalue weighted by molar-refractivity contribution is 6.17. The van der Waals surface area contributed by atoms with Crippen molar-refractivity contribution >= 4 is 25.3 Å². The Balaban J connectivity index is 1.61. The third-order valence-electron chi connectivity index (χ3n) is 5.38. The Hall–Kier alpha value is -1.98. The maximum atomic E-state index is 14.6. The number of rotatable bonds is 5. The molecule has 4 rings (SSSR count). The number of allylic oxidation sites excluding steroid dienone is 1. The Bertz CT molecular complexity index is 789. The van der Waals surface area contributed by atoms with Crippen molar-refractivity contribution in [2.45, 2.75) is 74.4 Å². The molecule has 0 bridgehead atoms. The molecule has 1 heterocycles. The molecule has 0 saturated heterocycles. The SMILES string of the molecule is [B][C@]1(O)CCCC(c2nc(NC3CC(F)(F)C3)nc(NC3CC(F)(F)C3)n2)=C1F. The van der Waals surface area contributed by atoms with Crippen molar-refractivity contribution in [3.8, 4) is 0 Å². The molecule has 2 radical (unpaired) electrons. The van der Waals surface area contributed by atoms with Crippen LogP contribution in [-0.4, -0.2) is 57.3 Å². The Labute approximate surface area is 164 Å². The van der Waals surface area contributed by atoms with Crippen LogP contribution in [0.25, 0.3) is 5.57 Å². The normalized spacial score (nSPS) is 29.2. The van der Waals surface area contributed by atoms with Gasteiger partial charge in [-0.2, -0.15) is 15.0 Å². The number of halogens is 5. The minimum atomic E-state index is -2.76. The van der Waals surface area contributed by atoms with E-state index < -0.39 is 60.9 Å². The van der Waals surface area contributed by atoms with E-state index in [0.29, 0.717) is 6.42 Å². The molecule has 6 nitrogen and oxygen atoms in total. The first-order chi connectivity index (χ1) is 13.4. The van der Waals surface area contributed by atoms with Gasteiger partial charge in [-0.3, -0.25) is 0 Å². The number of hydrogen-bond donors (Lipinski definition) is 3. The van der Waals surface area contributed by atoms with E-state index in [9.17, 15) is 27.1 Å². The van der Waals surface area contributed by atoms with E-state index >= 15 is 0 Å². The number of anilines is 2. The number of aliphatic hydroxyl groups is 1. The quantitative estimate of drug-likeness (QED) is 0.507. The third-order valence-corrected chi connectivity index (χ3v) is 5.38. The van der Waals surface area contributed by atoms with Gasteiger partial charge in [0.25, 0.3) is 11.8 Å². The zero-order valence-electron chi connectivity index (χ0n) is 15.4. The fraction of sp³-hybridized carbons (Fsp3) is 0.706. The molecule has 2 saturated carbocycles. The van der Waals surface area contributed by atoms with Crippen LogP contribution >= 0.6 is 0 Å². The van der Waals surface area contributed by atoms with E-state index in [0.717, 1.165) is 0 Å². The largest absolute Gasteiger partial charge is 0.393 e. The second-order valence-corrected chi connectivity index (χ2v) is 8.09. The van der Waals surface area contributed by atoms with E-state index in [1.807, 2.05) is 0 Å². The first-order valence-corrected chi connectivity index (χ1v) is 9.38. The highest BCUT2D eigenvalue weighted by atomic mass is 19.3. The summed E-state index contributed by atoms with van der Waals surface area (Å²) in [5, 5.41) is 15.5. The Kier molecular flexibility index (Phi) is 4.75. The summed E-state index contributed by atoms with van der Waals surface area (Å²) in [6.07, 6.45) is -0.973. The second kappa shape index (κ2) is 6.78. The summed E-state index contributed by atoms with van der Waals surface area (Å²) in [5.41, 5.74) is -2.17. The van der Waals surface area contributed by atoms with Gasteiger partial charge in [-0.25, -0.2) is 22.0 Å².